The Morgan fingerprint density at radius 1 is 1.33 bits per heavy atom. The largest absolute Gasteiger partial charge is 0.467 e. The lowest BCUT2D eigenvalue weighted by Crippen LogP contribution is -2.28. The third-order valence-electron chi connectivity index (χ3n) is 3.75. The number of aromatic amines is 1. The molecule has 21 heavy (non-hydrogen) atoms. The maximum absolute atomic E-state index is 12.0. The summed E-state index contributed by atoms with van der Waals surface area (Å²) < 4.78 is 5.16. The van der Waals surface area contributed by atoms with Gasteiger partial charge in [0, 0.05) is 5.56 Å². The molecular weight excluding hydrogens is 270 g/mol. The Morgan fingerprint density at radius 3 is 2.90 bits per heavy atom. The van der Waals surface area contributed by atoms with Crippen LogP contribution < -0.4 is 10.9 Å². The smallest absolute Gasteiger partial charge is 0.267 e. The number of hydrogen-bond donors (Lipinski definition) is 2. The second-order valence-corrected chi connectivity index (χ2v) is 5.20. The van der Waals surface area contributed by atoms with Gasteiger partial charge in [0.2, 0.25) is 5.91 Å². The van der Waals surface area contributed by atoms with Crippen LogP contribution in [0, 0.1) is 0 Å². The van der Waals surface area contributed by atoms with Crippen molar-refractivity contribution < 1.29 is 9.21 Å². The average molecular weight is 287 g/mol. The van der Waals surface area contributed by atoms with Crippen LogP contribution in [0.25, 0.3) is 0 Å². The number of carbonyl (C=O) groups excluding carboxylic acids is 1. The zero-order valence-corrected chi connectivity index (χ0v) is 11.6. The van der Waals surface area contributed by atoms with E-state index in [-0.39, 0.29) is 17.9 Å². The number of rotatable bonds is 4. The molecule has 0 atom stereocenters. The summed E-state index contributed by atoms with van der Waals surface area (Å²) in [5.74, 6) is 0.582. The van der Waals surface area contributed by atoms with Gasteiger partial charge < -0.3 is 9.73 Å². The van der Waals surface area contributed by atoms with Crippen molar-refractivity contribution in [3.05, 3.63) is 51.3 Å². The predicted octanol–water partition coefficient (Wildman–Crippen LogP) is 1.10. The van der Waals surface area contributed by atoms with E-state index >= 15 is 0 Å². The molecule has 0 fully saturated rings. The Kier molecular flexibility index (Phi) is 3.85. The van der Waals surface area contributed by atoms with Gasteiger partial charge in [-0.25, -0.2) is 5.10 Å². The van der Waals surface area contributed by atoms with Gasteiger partial charge in [0.15, 0.2) is 0 Å². The molecule has 0 radical (unpaired) electrons. The number of nitrogens with zero attached hydrogens (tertiary/aromatic N) is 1. The molecule has 0 saturated heterocycles. The van der Waals surface area contributed by atoms with Crippen LogP contribution in [0.1, 0.15) is 35.4 Å². The molecule has 0 unspecified atom stereocenters. The molecule has 1 aliphatic carbocycles. The molecule has 1 aliphatic rings. The van der Waals surface area contributed by atoms with Crippen LogP contribution in [0.4, 0.5) is 0 Å². The van der Waals surface area contributed by atoms with Crippen molar-refractivity contribution in [3.63, 3.8) is 0 Å². The first-order valence-electron chi connectivity index (χ1n) is 7.12. The summed E-state index contributed by atoms with van der Waals surface area (Å²) in [7, 11) is 0. The van der Waals surface area contributed by atoms with E-state index in [0.29, 0.717) is 18.0 Å². The number of nitrogens with one attached hydrogen (secondary N) is 2. The van der Waals surface area contributed by atoms with Gasteiger partial charge >= 0.3 is 0 Å². The van der Waals surface area contributed by atoms with Gasteiger partial charge in [-0.3, -0.25) is 9.59 Å². The average Bonchev–Trinajstić information content (AvgIpc) is 3.02. The molecular formula is C15H17N3O3. The van der Waals surface area contributed by atoms with Crippen LogP contribution >= 0.6 is 0 Å². The van der Waals surface area contributed by atoms with E-state index in [2.05, 4.69) is 15.5 Å². The molecule has 0 saturated carbocycles. The Balaban J connectivity index is 1.70. The van der Waals surface area contributed by atoms with Crippen LogP contribution in [-0.4, -0.2) is 16.1 Å². The fraction of sp³-hybridized carbons (Fsp3) is 0.400. The molecule has 2 aromatic heterocycles. The highest BCUT2D eigenvalue weighted by atomic mass is 16.3. The molecule has 0 aliphatic heterocycles. The van der Waals surface area contributed by atoms with Crippen LogP contribution in [0.5, 0.6) is 0 Å². The predicted molar refractivity (Wildman–Crippen MR) is 75.8 cm³/mol. The first-order valence-corrected chi connectivity index (χ1v) is 7.12. The number of aromatic nitrogens is 2. The second kappa shape index (κ2) is 5.95. The monoisotopic (exact) mass is 287 g/mol. The molecule has 3 rings (SSSR count). The standard InChI is InChI=1S/C15H17N3O3/c19-14(16-9-10-4-3-7-21-10)8-13-11-5-1-2-6-12(11)15(20)18-17-13/h3-4,7H,1-2,5-6,8-9H2,(H,16,19)(H,18,20). The van der Waals surface area contributed by atoms with Crippen molar-refractivity contribution in [2.45, 2.75) is 38.6 Å². The Labute approximate surface area is 121 Å². The molecule has 0 bridgehead atoms. The topological polar surface area (TPSA) is 88.0 Å². The van der Waals surface area contributed by atoms with Crippen LogP contribution in [0.15, 0.2) is 27.6 Å². The third kappa shape index (κ3) is 3.04. The quantitative estimate of drug-likeness (QED) is 0.881. The van der Waals surface area contributed by atoms with Gasteiger partial charge in [-0.05, 0) is 43.4 Å². The van der Waals surface area contributed by atoms with E-state index in [1.165, 1.54) is 0 Å². The normalized spacial score (nSPS) is 13.7. The van der Waals surface area contributed by atoms with E-state index in [1.54, 1.807) is 18.4 Å². The Hall–Kier alpha value is -2.37. The second-order valence-electron chi connectivity index (χ2n) is 5.20. The minimum absolute atomic E-state index is 0.121. The molecule has 2 aromatic rings. The Morgan fingerprint density at radius 2 is 2.14 bits per heavy atom. The molecule has 0 aromatic carbocycles. The fourth-order valence-electron chi connectivity index (χ4n) is 2.69. The van der Waals surface area contributed by atoms with E-state index in [0.717, 1.165) is 36.8 Å². The highest BCUT2D eigenvalue weighted by Gasteiger charge is 2.19. The highest BCUT2D eigenvalue weighted by molar-refractivity contribution is 5.78. The van der Waals surface area contributed by atoms with E-state index in [9.17, 15) is 9.59 Å². The van der Waals surface area contributed by atoms with Crippen molar-refractivity contribution in [2.24, 2.45) is 0 Å². The van der Waals surface area contributed by atoms with Crippen LogP contribution in [0.2, 0.25) is 0 Å². The van der Waals surface area contributed by atoms with Gasteiger partial charge in [-0.15, -0.1) is 0 Å². The van der Waals surface area contributed by atoms with Crippen molar-refractivity contribution in [1.82, 2.24) is 15.5 Å². The Bertz CT molecular complexity index is 689. The first kappa shape index (κ1) is 13.6. The van der Waals surface area contributed by atoms with Crippen LogP contribution in [0.3, 0.4) is 0 Å². The van der Waals surface area contributed by atoms with Crippen molar-refractivity contribution >= 4 is 5.91 Å². The number of hydrogen-bond acceptors (Lipinski definition) is 4. The lowest BCUT2D eigenvalue weighted by Gasteiger charge is -2.17. The lowest BCUT2D eigenvalue weighted by molar-refractivity contribution is -0.120. The molecule has 6 heteroatoms. The summed E-state index contributed by atoms with van der Waals surface area (Å²) in [6, 6.07) is 3.59. The molecule has 1 amide bonds. The lowest BCUT2D eigenvalue weighted by atomic mass is 9.91. The number of H-pyrrole nitrogens is 1. The maximum atomic E-state index is 12.0. The van der Waals surface area contributed by atoms with Crippen molar-refractivity contribution in [1.29, 1.82) is 0 Å². The zero-order valence-electron chi connectivity index (χ0n) is 11.6. The summed E-state index contributed by atoms with van der Waals surface area (Å²) in [4.78, 5) is 23.7. The van der Waals surface area contributed by atoms with Gasteiger partial charge in [-0.2, -0.15) is 5.10 Å². The van der Waals surface area contributed by atoms with E-state index in [4.69, 9.17) is 4.42 Å². The zero-order chi connectivity index (χ0) is 14.7. The number of amides is 1. The summed E-state index contributed by atoms with van der Waals surface area (Å²) >= 11 is 0. The first-order chi connectivity index (χ1) is 10.2. The molecule has 2 heterocycles. The van der Waals surface area contributed by atoms with Crippen molar-refractivity contribution in [2.75, 3.05) is 0 Å². The third-order valence-corrected chi connectivity index (χ3v) is 3.75. The summed E-state index contributed by atoms with van der Waals surface area (Å²) in [6.07, 6.45) is 5.41. The van der Waals surface area contributed by atoms with Gasteiger partial charge in [0.25, 0.3) is 5.56 Å². The van der Waals surface area contributed by atoms with Gasteiger partial charge in [0.1, 0.15) is 5.76 Å². The van der Waals surface area contributed by atoms with Gasteiger partial charge in [0.05, 0.1) is 24.9 Å². The number of fused-ring (bicyclic) bond motifs is 1. The maximum Gasteiger partial charge on any atom is 0.267 e. The molecule has 2 N–H and O–H groups in total. The van der Waals surface area contributed by atoms with Crippen LogP contribution in [-0.2, 0) is 30.6 Å². The SMILES string of the molecule is O=C(Cc1n[nH]c(=O)c2c1CCCC2)NCc1ccco1. The van der Waals surface area contributed by atoms with E-state index in [1.807, 2.05) is 0 Å². The van der Waals surface area contributed by atoms with E-state index < -0.39 is 0 Å². The number of furan rings is 1. The summed E-state index contributed by atoms with van der Waals surface area (Å²) in [6.45, 7) is 0.359. The van der Waals surface area contributed by atoms with Gasteiger partial charge in [-0.1, -0.05) is 0 Å². The van der Waals surface area contributed by atoms with Crippen molar-refractivity contribution in [3.8, 4) is 0 Å². The molecule has 0 spiro atoms. The number of carbonyl (C=O) groups is 1. The summed E-state index contributed by atoms with van der Waals surface area (Å²) in [5, 5.41) is 9.34. The molecule has 110 valence electrons. The summed E-state index contributed by atoms with van der Waals surface area (Å²) in [5.41, 5.74) is 2.31. The minimum atomic E-state index is -0.126. The molecule has 6 nitrogen and oxygen atoms in total. The minimum Gasteiger partial charge on any atom is -0.467 e. The fourth-order valence-corrected chi connectivity index (χ4v) is 2.69. The highest BCUT2D eigenvalue weighted by Crippen LogP contribution is 2.20.